The Bertz CT molecular complexity index is 1100. The third-order valence-corrected chi connectivity index (χ3v) is 4.60. The summed E-state index contributed by atoms with van der Waals surface area (Å²) in [6.45, 7) is 0.389. The molecule has 0 spiro atoms. The summed E-state index contributed by atoms with van der Waals surface area (Å²) in [7, 11) is 1.45. The molecule has 148 valence electrons. The molecule has 29 heavy (non-hydrogen) atoms. The second kappa shape index (κ2) is 7.70. The van der Waals surface area contributed by atoms with Crippen LogP contribution < -0.4 is 10.5 Å². The third-order valence-electron chi connectivity index (χ3n) is 4.60. The minimum absolute atomic E-state index is 0.263. The first kappa shape index (κ1) is 18.6. The monoisotopic (exact) mass is 393 g/mol. The fourth-order valence-electron chi connectivity index (χ4n) is 2.98. The zero-order chi connectivity index (χ0) is 20.4. The molecule has 1 aliphatic carbocycles. The van der Waals surface area contributed by atoms with Crippen molar-refractivity contribution in [3.05, 3.63) is 47.7 Å². The van der Waals surface area contributed by atoms with Crippen LogP contribution in [-0.2, 0) is 4.74 Å². The molecule has 3 aromatic rings. The van der Waals surface area contributed by atoms with Crippen LogP contribution >= 0.6 is 0 Å². The first-order chi connectivity index (χ1) is 14.1. The van der Waals surface area contributed by atoms with Crippen LogP contribution in [0.2, 0.25) is 0 Å². The highest BCUT2D eigenvalue weighted by Crippen LogP contribution is 2.35. The standard InChI is InChI=1S/C20H19N5O4/c1-28-18-14(19(26)29-11-12-2-3-12)5-7-16-17(18)15(24-25(16)20(21)27)6-4-13-10-22-8-9-23-13/h4-10,12H,2-3,11H2,1H3,(H2,21,27). The summed E-state index contributed by atoms with van der Waals surface area (Å²) in [5.41, 5.74) is 7.15. The van der Waals surface area contributed by atoms with E-state index in [1.165, 1.54) is 7.11 Å². The summed E-state index contributed by atoms with van der Waals surface area (Å²) < 4.78 is 12.0. The Labute approximate surface area is 166 Å². The first-order valence-corrected chi connectivity index (χ1v) is 9.09. The first-order valence-electron chi connectivity index (χ1n) is 9.09. The van der Waals surface area contributed by atoms with Gasteiger partial charge in [0, 0.05) is 12.4 Å². The van der Waals surface area contributed by atoms with Gasteiger partial charge in [-0.2, -0.15) is 9.78 Å². The molecular formula is C20H19N5O4. The van der Waals surface area contributed by atoms with Crippen LogP contribution in [-0.4, -0.2) is 45.5 Å². The van der Waals surface area contributed by atoms with Crippen molar-refractivity contribution in [3.63, 3.8) is 0 Å². The molecule has 0 atom stereocenters. The maximum absolute atomic E-state index is 12.6. The minimum atomic E-state index is -0.750. The minimum Gasteiger partial charge on any atom is -0.495 e. The Balaban J connectivity index is 1.80. The number of ether oxygens (including phenoxy) is 2. The number of carbonyl (C=O) groups excluding carboxylic acids is 2. The van der Waals surface area contributed by atoms with E-state index in [4.69, 9.17) is 15.2 Å². The fourth-order valence-corrected chi connectivity index (χ4v) is 2.98. The molecule has 2 heterocycles. The van der Waals surface area contributed by atoms with E-state index in [-0.39, 0.29) is 11.3 Å². The zero-order valence-electron chi connectivity index (χ0n) is 15.7. The lowest BCUT2D eigenvalue weighted by Crippen LogP contribution is -2.20. The molecule has 1 fully saturated rings. The van der Waals surface area contributed by atoms with Gasteiger partial charge in [0.15, 0.2) is 0 Å². The summed E-state index contributed by atoms with van der Waals surface area (Å²) in [4.78, 5) is 32.6. The van der Waals surface area contributed by atoms with Gasteiger partial charge in [0.25, 0.3) is 0 Å². The van der Waals surface area contributed by atoms with E-state index in [2.05, 4.69) is 15.1 Å². The van der Waals surface area contributed by atoms with E-state index in [1.54, 1.807) is 42.9 Å². The number of amides is 1. The highest BCUT2D eigenvalue weighted by Gasteiger charge is 2.26. The van der Waals surface area contributed by atoms with Gasteiger partial charge in [0.1, 0.15) is 11.3 Å². The largest absolute Gasteiger partial charge is 0.495 e. The quantitative estimate of drug-likeness (QED) is 0.638. The molecule has 0 bridgehead atoms. The summed E-state index contributed by atoms with van der Waals surface area (Å²) >= 11 is 0. The Morgan fingerprint density at radius 2 is 2.10 bits per heavy atom. The molecule has 4 rings (SSSR count). The molecule has 2 aromatic heterocycles. The van der Waals surface area contributed by atoms with E-state index in [0.717, 1.165) is 17.5 Å². The van der Waals surface area contributed by atoms with Gasteiger partial charge in [-0.05, 0) is 43.0 Å². The number of hydrogen-bond acceptors (Lipinski definition) is 7. The van der Waals surface area contributed by atoms with Crippen LogP contribution in [0, 0.1) is 5.92 Å². The van der Waals surface area contributed by atoms with Crippen molar-refractivity contribution in [2.45, 2.75) is 12.8 Å². The van der Waals surface area contributed by atoms with Crippen LogP contribution in [0.4, 0.5) is 4.79 Å². The second-order valence-corrected chi connectivity index (χ2v) is 6.68. The topological polar surface area (TPSA) is 122 Å². The maximum atomic E-state index is 12.6. The molecule has 9 heteroatoms. The lowest BCUT2D eigenvalue weighted by Gasteiger charge is -2.10. The summed E-state index contributed by atoms with van der Waals surface area (Å²) in [6, 6.07) is 2.40. The molecule has 9 nitrogen and oxygen atoms in total. The number of fused-ring (bicyclic) bond motifs is 1. The Kier molecular flexibility index (Phi) is 4.94. The van der Waals surface area contributed by atoms with Crippen molar-refractivity contribution < 1.29 is 19.1 Å². The molecule has 1 aliphatic rings. The average molecular weight is 393 g/mol. The van der Waals surface area contributed by atoms with E-state index >= 15 is 0 Å². The molecule has 0 aliphatic heterocycles. The van der Waals surface area contributed by atoms with Crippen molar-refractivity contribution in [1.82, 2.24) is 19.7 Å². The van der Waals surface area contributed by atoms with Crippen LogP contribution in [0.1, 0.15) is 34.6 Å². The lowest BCUT2D eigenvalue weighted by molar-refractivity contribution is 0.0483. The number of esters is 1. The molecule has 0 unspecified atom stereocenters. The predicted octanol–water partition coefficient (Wildman–Crippen LogP) is 2.50. The van der Waals surface area contributed by atoms with Gasteiger partial charge in [0.05, 0.1) is 42.2 Å². The second-order valence-electron chi connectivity index (χ2n) is 6.68. The van der Waals surface area contributed by atoms with E-state index in [9.17, 15) is 9.59 Å². The lowest BCUT2D eigenvalue weighted by atomic mass is 10.1. The highest BCUT2D eigenvalue weighted by atomic mass is 16.5. The number of benzene rings is 1. The molecule has 1 amide bonds. The van der Waals surface area contributed by atoms with Gasteiger partial charge in [0.2, 0.25) is 0 Å². The van der Waals surface area contributed by atoms with Gasteiger partial charge in [-0.1, -0.05) is 0 Å². The number of nitrogens with zero attached hydrogens (tertiary/aromatic N) is 4. The van der Waals surface area contributed by atoms with Gasteiger partial charge in [-0.25, -0.2) is 9.59 Å². The molecule has 0 radical (unpaired) electrons. The van der Waals surface area contributed by atoms with Gasteiger partial charge >= 0.3 is 12.0 Å². The van der Waals surface area contributed by atoms with Crippen LogP contribution in [0.5, 0.6) is 5.75 Å². The van der Waals surface area contributed by atoms with Crippen molar-refractivity contribution in [2.75, 3.05) is 13.7 Å². The van der Waals surface area contributed by atoms with Crippen molar-refractivity contribution in [3.8, 4) is 5.75 Å². The van der Waals surface area contributed by atoms with Crippen molar-refractivity contribution in [2.24, 2.45) is 11.7 Å². The Hall–Kier alpha value is -3.75. The van der Waals surface area contributed by atoms with Gasteiger partial charge in [-0.3, -0.25) is 9.97 Å². The number of hydrogen-bond donors (Lipinski definition) is 1. The van der Waals surface area contributed by atoms with Crippen molar-refractivity contribution in [1.29, 1.82) is 0 Å². The number of aromatic nitrogens is 4. The fraction of sp³-hybridized carbons (Fsp3) is 0.250. The van der Waals surface area contributed by atoms with Gasteiger partial charge < -0.3 is 15.2 Å². The van der Waals surface area contributed by atoms with Crippen LogP contribution in [0.15, 0.2) is 30.7 Å². The van der Waals surface area contributed by atoms with E-state index < -0.39 is 12.0 Å². The van der Waals surface area contributed by atoms with Gasteiger partial charge in [-0.15, -0.1) is 0 Å². The van der Waals surface area contributed by atoms with Crippen molar-refractivity contribution >= 4 is 35.1 Å². The molecule has 2 N–H and O–H groups in total. The normalized spacial score (nSPS) is 13.7. The number of rotatable bonds is 6. The highest BCUT2D eigenvalue weighted by molar-refractivity contribution is 6.05. The zero-order valence-corrected chi connectivity index (χ0v) is 15.7. The maximum Gasteiger partial charge on any atom is 0.341 e. The third kappa shape index (κ3) is 3.79. The number of primary amides is 1. The molecule has 1 saturated carbocycles. The molecule has 1 aromatic carbocycles. The average Bonchev–Trinajstić information content (AvgIpc) is 3.49. The molecule has 0 saturated heterocycles. The molecular weight excluding hydrogens is 374 g/mol. The smallest absolute Gasteiger partial charge is 0.341 e. The summed E-state index contributed by atoms with van der Waals surface area (Å²) in [5.74, 6) is 0.234. The Morgan fingerprint density at radius 3 is 2.76 bits per heavy atom. The number of carbonyl (C=O) groups is 2. The summed E-state index contributed by atoms with van der Waals surface area (Å²) in [6.07, 6.45) is 10.2. The van der Waals surface area contributed by atoms with E-state index in [1.807, 2.05) is 0 Å². The van der Waals surface area contributed by atoms with E-state index in [0.29, 0.717) is 34.8 Å². The predicted molar refractivity (Wildman–Crippen MR) is 105 cm³/mol. The van der Waals surface area contributed by atoms with Crippen LogP contribution in [0.3, 0.4) is 0 Å². The Morgan fingerprint density at radius 1 is 1.28 bits per heavy atom. The number of methoxy groups -OCH3 is 1. The number of nitrogens with two attached hydrogens (primary N) is 1. The van der Waals surface area contributed by atoms with Crippen LogP contribution in [0.25, 0.3) is 23.1 Å². The summed E-state index contributed by atoms with van der Waals surface area (Å²) in [5, 5.41) is 4.75. The SMILES string of the molecule is COc1c(C(=O)OCC2CC2)ccc2c1c(C=Cc1cnccn1)nn2C(N)=O.